The first-order valence-corrected chi connectivity index (χ1v) is 13.6. The van der Waals surface area contributed by atoms with E-state index in [1.807, 2.05) is 73.8 Å². The number of hydrogen-bond acceptors (Lipinski definition) is 5. The first-order valence-electron chi connectivity index (χ1n) is 13.6. The van der Waals surface area contributed by atoms with Gasteiger partial charge in [0.1, 0.15) is 17.2 Å². The normalized spacial score (nSPS) is 24.1. The lowest BCUT2D eigenvalue weighted by Crippen LogP contribution is -2.54. The quantitative estimate of drug-likeness (QED) is 0.226. The van der Waals surface area contributed by atoms with E-state index in [0.29, 0.717) is 29.5 Å². The lowest BCUT2D eigenvalue weighted by atomic mass is 9.47. The van der Waals surface area contributed by atoms with Gasteiger partial charge in [0.05, 0.1) is 36.7 Å². The minimum Gasteiger partial charge on any atom is -0.494 e. The zero-order chi connectivity index (χ0) is 27.4. The number of benzene rings is 4. The van der Waals surface area contributed by atoms with E-state index in [9.17, 15) is 9.59 Å². The van der Waals surface area contributed by atoms with Crippen molar-refractivity contribution in [3.8, 4) is 11.5 Å². The summed E-state index contributed by atoms with van der Waals surface area (Å²) >= 11 is 0. The Kier molecular flexibility index (Phi) is 5.59. The van der Waals surface area contributed by atoms with E-state index in [0.717, 1.165) is 22.3 Å². The van der Waals surface area contributed by atoms with Crippen molar-refractivity contribution in [3.63, 3.8) is 0 Å². The number of imide groups is 1. The molecule has 2 unspecified atom stereocenters. The third kappa shape index (κ3) is 3.19. The van der Waals surface area contributed by atoms with Crippen LogP contribution in [-0.2, 0) is 15.0 Å². The molecule has 198 valence electrons. The minimum absolute atomic E-state index is 0.203. The van der Waals surface area contributed by atoms with Crippen LogP contribution in [-0.4, -0.2) is 31.7 Å². The third-order valence-corrected chi connectivity index (χ3v) is 8.58. The molecule has 3 aliphatic carbocycles. The van der Waals surface area contributed by atoms with Crippen molar-refractivity contribution in [2.75, 3.05) is 18.6 Å². The van der Waals surface area contributed by atoms with Crippen LogP contribution in [0.2, 0.25) is 0 Å². The SMILES string of the molecule is CCOc1ccccc1N1C(=O)C2C3c4ccccc4C(C=Nc4ccccc4OC)(c4ccccc43)C2C1=O. The van der Waals surface area contributed by atoms with Gasteiger partial charge < -0.3 is 9.47 Å². The fourth-order valence-electron chi connectivity index (χ4n) is 7.11. The second-order valence-corrected chi connectivity index (χ2v) is 10.4. The van der Waals surface area contributed by atoms with Crippen LogP contribution in [0.4, 0.5) is 11.4 Å². The molecule has 0 aromatic heterocycles. The molecule has 1 saturated heterocycles. The molecule has 1 heterocycles. The van der Waals surface area contributed by atoms with Crippen molar-refractivity contribution in [2.24, 2.45) is 16.8 Å². The molecule has 1 aliphatic heterocycles. The Balaban J connectivity index is 1.49. The number of amides is 2. The first-order chi connectivity index (χ1) is 19.6. The number of methoxy groups -OCH3 is 1. The van der Waals surface area contributed by atoms with Crippen LogP contribution in [0.5, 0.6) is 11.5 Å². The average molecular weight is 529 g/mol. The Hall–Kier alpha value is -4.71. The van der Waals surface area contributed by atoms with Gasteiger partial charge in [0.25, 0.3) is 0 Å². The van der Waals surface area contributed by atoms with Gasteiger partial charge in [-0.2, -0.15) is 0 Å². The van der Waals surface area contributed by atoms with E-state index in [1.54, 1.807) is 19.2 Å². The lowest BCUT2D eigenvalue weighted by Gasteiger charge is -2.52. The lowest BCUT2D eigenvalue weighted by molar-refractivity contribution is -0.122. The summed E-state index contributed by atoms with van der Waals surface area (Å²) in [6.45, 7) is 2.32. The maximum absolute atomic E-state index is 14.6. The van der Waals surface area contributed by atoms with Crippen LogP contribution >= 0.6 is 0 Å². The molecule has 0 radical (unpaired) electrons. The van der Waals surface area contributed by atoms with Crippen molar-refractivity contribution in [1.82, 2.24) is 0 Å². The van der Waals surface area contributed by atoms with Crippen LogP contribution in [0.25, 0.3) is 0 Å². The molecule has 4 aromatic rings. The highest BCUT2D eigenvalue weighted by molar-refractivity contribution is 6.25. The Morgan fingerprint density at radius 3 is 2.08 bits per heavy atom. The second kappa shape index (κ2) is 9.19. The smallest absolute Gasteiger partial charge is 0.239 e. The zero-order valence-corrected chi connectivity index (χ0v) is 22.3. The number of rotatable bonds is 6. The predicted octanol–water partition coefficient (Wildman–Crippen LogP) is 6.05. The number of para-hydroxylation sites is 4. The van der Waals surface area contributed by atoms with E-state index in [1.165, 1.54) is 4.90 Å². The highest BCUT2D eigenvalue weighted by Crippen LogP contribution is 2.64. The molecule has 8 rings (SSSR count). The molecule has 6 nitrogen and oxygen atoms in total. The van der Waals surface area contributed by atoms with Crippen molar-refractivity contribution in [1.29, 1.82) is 0 Å². The summed E-state index contributed by atoms with van der Waals surface area (Å²) < 4.78 is 11.4. The molecule has 0 N–H and O–H groups in total. The van der Waals surface area contributed by atoms with Crippen LogP contribution in [0.15, 0.2) is 102 Å². The molecule has 0 spiro atoms. The zero-order valence-electron chi connectivity index (χ0n) is 22.3. The molecule has 1 fully saturated rings. The molecule has 4 aliphatic rings. The highest BCUT2D eigenvalue weighted by atomic mass is 16.5. The topological polar surface area (TPSA) is 68.2 Å². The molecule has 2 atom stereocenters. The summed E-state index contributed by atoms with van der Waals surface area (Å²) in [5, 5.41) is 0. The number of carbonyl (C=O) groups is 2. The Bertz CT molecular complexity index is 1650. The van der Waals surface area contributed by atoms with Gasteiger partial charge in [-0.05, 0) is 53.4 Å². The van der Waals surface area contributed by atoms with Crippen molar-refractivity contribution in [3.05, 3.63) is 119 Å². The fourth-order valence-corrected chi connectivity index (χ4v) is 7.11. The van der Waals surface area contributed by atoms with Crippen LogP contribution < -0.4 is 14.4 Å². The van der Waals surface area contributed by atoms with E-state index < -0.39 is 17.3 Å². The maximum atomic E-state index is 14.6. The van der Waals surface area contributed by atoms with Gasteiger partial charge in [-0.15, -0.1) is 0 Å². The standard InChI is InChI=1S/C34H28N2O4/c1-3-40-28-19-11-9-17-26(28)36-32(37)30-29-21-12-4-6-14-23(21)34(31(30)33(36)38,24-15-7-5-13-22(24)29)20-35-25-16-8-10-18-27(25)39-2/h4-20,29-31H,3H2,1-2H3. The van der Waals surface area contributed by atoms with E-state index in [2.05, 4.69) is 24.3 Å². The van der Waals surface area contributed by atoms with Gasteiger partial charge in [-0.1, -0.05) is 72.8 Å². The molecule has 2 bridgehead atoms. The fraction of sp³-hybridized carbons (Fsp3) is 0.206. The van der Waals surface area contributed by atoms with Crippen molar-refractivity contribution >= 4 is 29.4 Å². The Morgan fingerprint density at radius 2 is 1.40 bits per heavy atom. The Morgan fingerprint density at radius 1 is 0.800 bits per heavy atom. The van der Waals surface area contributed by atoms with Gasteiger partial charge in [-0.25, -0.2) is 4.90 Å². The first kappa shape index (κ1) is 24.3. The molecule has 6 heteroatoms. The highest BCUT2D eigenvalue weighted by Gasteiger charge is 2.68. The molecule has 0 saturated carbocycles. The summed E-state index contributed by atoms with van der Waals surface area (Å²) in [5.41, 5.74) is 4.35. The van der Waals surface area contributed by atoms with Crippen LogP contribution in [0.1, 0.15) is 35.1 Å². The number of ether oxygens (including phenoxy) is 2. The summed E-state index contributed by atoms with van der Waals surface area (Å²) in [6.07, 6.45) is 1.89. The van der Waals surface area contributed by atoms with E-state index in [-0.39, 0.29) is 17.7 Å². The Labute approximate surface area is 232 Å². The van der Waals surface area contributed by atoms with Gasteiger partial charge in [0, 0.05) is 12.1 Å². The molecular formula is C34H28N2O4. The van der Waals surface area contributed by atoms with Gasteiger partial charge >= 0.3 is 0 Å². The van der Waals surface area contributed by atoms with Gasteiger partial charge in [-0.3, -0.25) is 14.6 Å². The van der Waals surface area contributed by atoms with Crippen LogP contribution in [0.3, 0.4) is 0 Å². The van der Waals surface area contributed by atoms with Gasteiger partial charge in [0.2, 0.25) is 11.8 Å². The summed E-state index contributed by atoms with van der Waals surface area (Å²) in [4.78, 5) is 35.4. The van der Waals surface area contributed by atoms with E-state index >= 15 is 0 Å². The second-order valence-electron chi connectivity index (χ2n) is 10.4. The monoisotopic (exact) mass is 528 g/mol. The number of carbonyl (C=O) groups excluding carboxylic acids is 2. The van der Waals surface area contributed by atoms with Crippen molar-refractivity contribution in [2.45, 2.75) is 18.3 Å². The summed E-state index contributed by atoms with van der Waals surface area (Å²) in [6, 6.07) is 31.2. The number of anilines is 1. The van der Waals surface area contributed by atoms with Crippen LogP contribution in [0, 0.1) is 11.8 Å². The number of hydrogen-bond donors (Lipinski definition) is 0. The van der Waals surface area contributed by atoms with E-state index in [4.69, 9.17) is 14.5 Å². The maximum Gasteiger partial charge on any atom is 0.239 e. The number of nitrogens with zero attached hydrogens (tertiary/aromatic N) is 2. The molecule has 4 aromatic carbocycles. The largest absolute Gasteiger partial charge is 0.494 e. The van der Waals surface area contributed by atoms with Gasteiger partial charge in [0.15, 0.2) is 0 Å². The molecule has 2 amide bonds. The molecular weight excluding hydrogens is 500 g/mol. The third-order valence-electron chi connectivity index (χ3n) is 8.58. The average Bonchev–Trinajstić information content (AvgIpc) is 3.27. The molecule has 40 heavy (non-hydrogen) atoms. The predicted molar refractivity (Wildman–Crippen MR) is 154 cm³/mol. The van der Waals surface area contributed by atoms with Crippen molar-refractivity contribution < 1.29 is 19.1 Å². The number of aliphatic imine (C=N–C) groups is 1. The summed E-state index contributed by atoms with van der Waals surface area (Å²) in [7, 11) is 1.62. The minimum atomic E-state index is -0.949. The summed E-state index contributed by atoms with van der Waals surface area (Å²) in [5.74, 6) is -0.754.